The lowest BCUT2D eigenvalue weighted by Crippen LogP contribution is -2.20. The number of aromatic nitrogens is 2. The predicted octanol–water partition coefficient (Wildman–Crippen LogP) is 3.48. The van der Waals surface area contributed by atoms with E-state index in [4.69, 9.17) is 5.73 Å². The van der Waals surface area contributed by atoms with Crippen LogP contribution < -0.4 is 5.73 Å². The van der Waals surface area contributed by atoms with Crippen LogP contribution in [-0.4, -0.2) is 9.55 Å². The Hall–Kier alpha value is -1.61. The molecule has 0 aliphatic heterocycles. The first-order valence-electron chi connectivity index (χ1n) is 7.01. The van der Waals surface area contributed by atoms with E-state index in [-0.39, 0.29) is 6.04 Å². The molecule has 0 aliphatic carbocycles. The molecule has 1 aromatic carbocycles. The highest BCUT2D eigenvalue weighted by atomic mass is 15.1. The average molecular weight is 257 g/mol. The predicted molar refractivity (Wildman–Crippen MR) is 79.3 cm³/mol. The van der Waals surface area contributed by atoms with Crippen molar-refractivity contribution in [2.75, 3.05) is 0 Å². The van der Waals surface area contributed by atoms with Gasteiger partial charge in [-0.05, 0) is 24.0 Å². The second kappa shape index (κ2) is 6.02. The molecule has 0 bridgehead atoms. The maximum absolute atomic E-state index is 6.28. The van der Waals surface area contributed by atoms with E-state index < -0.39 is 0 Å². The number of nitrogens with zero attached hydrogens (tertiary/aromatic N) is 2. The molecule has 2 aromatic rings. The lowest BCUT2D eigenvalue weighted by molar-refractivity contribution is 0.496. The molecule has 0 saturated carbocycles. The van der Waals surface area contributed by atoms with Crippen molar-refractivity contribution in [1.82, 2.24) is 9.55 Å². The van der Waals surface area contributed by atoms with Gasteiger partial charge in [0.15, 0.2) is 0 Å². The summed E-state index contributed by atoms with van der Waals surface area (Å²) in [5, 5.41) is 0. The molecular weight excluding hydrogens is 234 g/mol. The van der Waals surface area contributed by atoms with Gasteiger partial charge in [-0.3, -0.25) is 0 Å². The van der Waals surface area contributed by atoms with Crippen molar-refractivity contribution in [3.05, 3.63) is 48.0 Å². The Labute approximate surface area is 115 Å². The smallest absolute Gasteiger partial charge is 0.0994 e. The summed E-state index contributed by atoms with van der Waals surface area (Å²) in [5.74, 6) is 0.397. The van der Waals surface area contributed by atoms with Gasteiger partial charge in [0.1, 0.15) is 0 Å². The number of rotatable bonds is 5. The van der Waals surface area contributed by atoms with E-state index >= 15 is 0 Å². The van der Waals surface area contributed by atoms with Gasteiger partial charge in [-0.15, -0.1) is 0 Å². The standard InChI is InChI=1S/C16H23N3/c1-4-7-13-8-5-6-9-14(13)19-11-18-10-15(19)16(17)12(2)3/h5-6,8-12,16H,4,7,17H2,1-3H3. The third-order valence-electron chi connectivity index (χ3n) is 3.50. The van der Waals surface area contributed by atoms with Crippen LogP contribution in [0, 0.1) is 5.92 Å². The summed E-state index contributed by atoms with van der Waals surface area (Å²) in [6, 6.07) is 8.50. The minimum Gasteiger partial charge on any atom is -0.322 e. The summed E-state index contributed by atoms with van der Waals surface area (Å²) < 4.78 is 2.13. The van der Waals surface area contributed by atoms with Crippen molar-refractivity contribution in [3.8, 4) is 5.69 Å². The number of aryl methyl sites for hydroxylation is 1. The van der Waals surface area contributed by atoms with E-state index in [1.54, 1.807) is 0 Å². The Balaban J connectivity index is 2.45. The second-order valence-corrected chi connectivity index (χ2v) is 5.34. The summed E-state index contributed by atoms with van der Waals surface area (Å²) in [7, 11) is 0. The molecule has 0 aliphatic rings. The zero-order chi connectivity index (χ0) is 13.8. The Morgan fingerprint density at radius 1 is 1.26 bits per heavy atom. The third-order valence-corrected chi connectivity index (χ3v) is 3.50. The zero-order valence-corrected chi connectivity index (χ0v) is 12.0. The fraction of sp³-hybridized carbons (Fsp3) is 0.438. The van der Waals surface area contributed by atoms with Crippen molar-refractivity contribution in [2.24, 2.45) is 11.7 Å². The number of imidazole rings is 1. The normalized spacial score (nSPS) is 12.9. The van der Waals surface area contributed by atoms with E-state index in [9.17, 15) is 0 Å². The number of para-hydroxylation sites is 1. The highest BCUT2D eigenvalue weighted by molar-refractivity contribution is 5.42. The van der Waals surface area contributed by atoms with Crippen LogP contribution in [0.2, 0.25) is 0 Å². The van der Waals surface area contributed by atoms with Crippen molar-refractivity contribution < 1.29 is 0 Å². The number of hydrogen-bond acceptors (Lipinski definition) is 2. The maximum atomic E-state index is 6.28. The summed E-state index contributed by atoms with van der Waals surface area (Å²) in [6.07, 6.45) is 5.96. The Kier molecular flexibility index (Phi) is 4.38. The van der Waals surface area contributed by atoms with Gasteiger partial charge >= 0.3 is 0 Å². The van der Waals surface area contributed by atoms with Crippen LogP contribution in [0.4, 0.5) is 0 Å². The quantitative estimate of drug-likeness (QED) is 0.891. The zero-order valence-electron chi connectivity index (χ0n) is 12.0. The van der Waals surface area contributed by atoms with Crippen LogP contribution in [-0.2, 0) is 6.42 Å². The van der Waals surface area contributed by atoms with E-state index in [1.165, 1.54) is 11.3 Å². The topological polar surface area (TPSA) is 43.8 Å². The van der Waals surface area contributed by atoms with Crippen LogP contribution in [0.5, 0.6) is 0 Å². The molecule has 102 valence electrons. The van der Waals surface area contributed by atoms with E-state index in [1.807, 2.05) is 12.5 Å². The van der Waals surface area contributed by atoms with E-state index in [0.717, 1.165) is 18.5 Å². The molecule has 0 fully saturated rings. The molecule has 3 nitrogen and oxygen atoms in total. The summed E-state index contributed by atoms with van der Waals surface area (Å²) >= 11 is 0. The minimum atomic E-state index is 0.0113. The molecule has 0 saturated heterocycles. The van der Waals surface area contributed by atoms with Crippen molar-refractivity contribution >= 4 is 0 Å². The number of hydrogen-bond donors (Lipinski definition) is 1. The molecule has 1 unspecified atom stereocenters. The van der Waals surface area contributed by atoms with Crippen LogP contribution in [0.1, 0.15) is 44.5 Å². The van der Waals surface area contributed by atoms with Gasteiger partial charge in [0.2, 0.25) is 0 Å². The lowest BCUT2D eigenvalue weighted by atomic mass is 10.0. The van der Waals surface area contributed by atoms with E-state index in [2.05, 4.69) is 54.6 Å². The van der Waals surface area contributed by atoms with Crippen LogP contribution >= 0.6 is 0 Å². The number of nitrogens with two attached hydrogens (primary N) is 1. The molecule has 1 heterocycles. The molecule has 1 aromatic heterocycles. The molecule has 3 heteroatoms. The number of benzene rings is 1. The molecule has 0 spiro atoms. The van der Waals surface area contributed by atoms with Gasteiger partial charge in [-0.1, -0.05) is 45.4 Å². The SMILES string of the molecule is CCCc1ccccc1-n1cncc1C(N)C(C)C. The minimum absolute atomic E-state index is 0.0113. The first-order chi connectivity index (χ1) is 9.15. The molecule has 2 N–H and O–H groups in total. The van der Waals surface area contributed by atoms with E-state index in [0.29, 0.717) is 5.92 Å². The lowest BCUT2D eigenvalue weighted by Gasteiger charge is -2.19. The third kappa shape index (κ3) is 2.87. The largest absolute Gasteiger partial charge is 0.322 e. The Bertz CT molecular complexity index is 528. The van der Waals surface area contributed by atoms with Gasteiger partial charge < -0.3 is 10.3 Å². The van der Waals surface area contributed by atoms with Gasteiger partial charge in [-0.25, -0.2) is 4.98 Å². The molecule has 1 atom stereocenters. The fourth-order valence-corrected chi connectivity index (χ4v) is 2.32. The summed E-state index contributed by atoms with van der Waals surface area (Å²) in [6.45, 7) is 6.48. The highest BCUT2D eigenvalue weighted by Gasteiger charge is 2.17. The molecule has 19 heavy (non-hydrogen) atoms. The molecular formula is C16H23N3. The van der Waals surface area contributed by atoms with Gasteiger partial charge in [0.25, 0.3) is 0 Å². The van der Waals surface area contributed by atoms with Crippen LogP contribution in [0.15, 0.2) is 36.8 Å². The van der Waals surface area contributed by atoms with Gasteiger partial charge in [0, 0.05) is 6.04 Å². The maximum Gasteiger partial charge on any atom is 0.0994 e. The molecule has 2 rings (SSSR count). The van der Waals surface area contributed by atoms with Gasteiger partial charge in [0.05, 0.1) is 23.9 Å². The van der Waals surface area contributed by atoms with Crippen molar-refractivity contribution in [1.29, 1.82) is 0 Å². The first-order valence-corrected chi connectivity index (χ1v) is 7.01. The van der Waals surface area contributed by atoms with Crippen LogP contribution in [0.25, 0.3) is 5.69 Å². The van der Waals surface area contributed by atoms with Crippen molar-refractivity contribution in [3.63, 3.8) is 0 Å². The van der Waals surface area contributed by atoms with Crippen molar-refractivity contribution in [2.45, 2.75) is 39.7 Å². The molecule has 0 radical (unpaired) electrons. The Morgan fingerprint density at radius 2 is 2.00 bits per heavy atom. The first kappa shape index (κ1) is 13.8. The molecule has 0 amide bonds. The highest BCUT2D eigenvalue weighted by Crippen LogP contribution is 2.24. The monoisotopic (exact) mass is 257 g/mol. The fourth-order valence-electron chi connectivity index (χ4n) is 2.32. The second-order valence-electron chi connectivity index (χ2n) is 5.34. The average Bonchev–Trinajstić information content (AvgIpc) is 2.87. The summed E-state index contributed by atoms with van der Waals surface area (Å²) in [5.41, 5.74) is 9.91. The van der Waals surface area contributed by atoms with Gasteiger partial charge in [-0.2, -0.15) is 0 Å². The Morgan fingerprint density at radius 3 is 2.68 bits per heavy atom. The summed E-state index contributed by atoms with van der Waals surface area (Å²) in [4.78, 5) is 4.29. The van der Waals surface area contributed by atoms with Crippen LogP contribution in [0.3, 0.4) is 0 Å².